The molecule has 0 fully saturated rings. The number of benzene rings is 2. The Morgan fingerprint density at radius 2 is 1.16 bits per heavy atom. The number of carbonyl (C=O) groups is 2. The van der Waals surface area contributed by atoms with Crippen LogP contribution in [0.15, 0.2) is 48.5 Å². The van der Waals surface area contributed by atoms with Crippen molar-refractivity contribution in [3.8, 4) is 11.5 Å². The van der Waals surface area contributed by atoms with Gasteiger partial charge in [-0.05, 0) is 72.7 Å². The second-order valence-corrected chi connectivity index (χ2v) is 9.35. The smallest absolute Gasteiger partial charge is 0.406 e. The van der Waals surface area contributed by atoms with Gasteiger partial charge in [-0.2, -0.15) is 0 Å². The molecule has 1 unspecified atom stereocenters. The van der Waals surface area contributed by atoms with Crippen LogP contribution in [0.25, 0.3) is 0 Å². The van der Waals surface area contributed by atoms with Crippen LogP contribution in [-0.4, -0.2) is 37.6 Å². The largest absolute Gasteiger partial charge is 0.573 e. The number of rotatable bonds is 11. The van der Waals surface area contributed by atoms with Crippen molar-refractivity contribution in [2.75, 3.05) is 13.1 Å². The van der Waals surface area contributed by atoms with Crippen molar-refractivity contribution in [3.63, 3.8) is 0 Å². The average Bonchev–Trinajstić information content (AvgIpc) is 2.76. The maximum absolute atomic E-state index is 12.4. The molecule has 0 bridgehead atoms. The molecule has 2 aromatic rings. The van der Waals surface area contributed by atoms with Gasteiger partial charge in [0.1, 0.15) is 11.5 Å². The number of hydrogen-bond donors (Lipinski definition) is 2. The summed E-state index contributed by atoms with van der Waals surface area (Å²) in [5.41, 5.74) is 0.0783. The lowest BCUT2D eigenvalue weighted by Crippen LogP contribution is -2.35. The van der Waals surface area contributed by atoms with E-state index >= 15 is 0 Å². The molecule has 0 spiro atoms. The van der Waals surface area contributed by atoms with Crippen LogP contribution in [0.4, 0.5) is 26.3 Å². The summed E-state index contributed by atoms with van der Waals surface area (Å²) in [4.78, 5) is 24.6. The third-order valence-electron chi connectivity index (χ3n) is 5.25. The summed E-state index contributed by atoms with van der Waals surface area (Å²) in [6, 6.07) is 9.21. The van der Waals surface area contributed by atoms with Crippen LogP contribution < -0.4 is 20.1 Å². The average molecular weight is 534 g/mol. The third kappa shape index (κ3) is 11.4. The highest BCUT2D eigenvalue weighted by molar-refractivity contribution is 5.94. The molecule has 37 heavy (non-hydrogen) atoms. The van der Waals surface area contributed by atoms with E-state index in [9.17, 15) is 35.9 Å². The van der Waals surface area contributed by atoms with Gasteiger partial charge in [0, 0.05) is 24.2 Å². The van der Waals surface area contributed by atoms with Gasteiger partial charge in [0.15, 0.2) is 0 Å². The molecular formula is C25H28F6N2O4. The van der Waals surface area contributed by atoms with Gasteiger partial charge in [-0.3, -0.25) is 9.59 Å². The molecule has 0 aliphatic heterocycles. The molecule has 1 atom stereocenters. The molecule has 0 saturated carbocycles. The van der Waals surface area contributed by atoms with Crippen molar-refractivity contribution in [1.82, 2.24) is 10.6 Å². The van der Waals surface area contributed by atoms with Crippen LogP contribution >= 0.6 is 0 Å². The van der Waals surface area contributed by atoms with Gasteiger partial charge in [0.2, 0.25) is 0 Å². The Balaban J connectivity index is 1.75. The minimum Gasteiger partial charge on any atom is -0.406 e. The number of amides is 2. The van der Waals surface area contributed by atoms with E-state index in [1.807, 2.05) is 20.8 Å². The molecule has 0 heterocycles. The van der Waals surface area contributed by atoms with Gasteiger partial charge >= 0.3 is 12.7 Å². The highest BCUT2D eigenvalue weighted by Crippen LogP contribution is 2.27. The first kappa shape index (κ1) is 29.8. The van der Waals surface area contributed by atoms with Gasteiger partial charge in [-0.1, -0.05) is 20.8 Å². The van der Waals surface area contributed by atoms with E-state index in [1.165, 1.54) is 24.3 Å². The predicted octanol–water partition coefficient (Wildman–Crippen LogP) is 6.09. The van der Waals surface area contributed by atoms with Crippen LogP contribution in [0.5, 0.6) is 11.5 Å². The SMILES string of the molecule is CC(CCNC(=O)c1ccc(OC(F)(F)F)cc1)CC(C)(C)CNC(=O)c1ccc(OC(F)(F)F)cc1. The minimum absolute atomic E-state index is 0.161. The molecule has 2 amide bonds. The van der Waals surface area contributed by atoms with E-state index in [1.54, 1.807) is 0 Å². The molecule has 204 valence electrons. The predicted molar refractivity (Wildman–Crippen MR) is 123 cm³/mol. The maximum atomic E-state index is 12.4. The molecule has 6 nitrogen and oxygen atoms in total. The van der Waals surface area contributed by atoms with E-state index in [-0.39, 0.29) is 22.5 Å². The van der Waals surface area contributed by atoms with E-state index < -0.39 is 36.0 Å². The summed E-state index contributed by atoms with van der Waals surface area (Å²) >= 11 is 0. The first-order valence-electron chi connectivity index (χ1n) is 11.3. The highest BCUT2D eigenvalue weighted by Gasteiger charge is 2.32. The van der Waals surface area contributed by atoms with Gasteiger partial charge in [0.25, 0.3) is 11.8 Å². The van der Waals surface area contributed by atoms with Crippen molar-refractivity contribution in [1.29, 1.82) is 0 Å². The number of halogens is 6. The molecule has 0 saturated heterocycles. The molecule has 0 aromatic heterocycles. The molecule has 0 radical (unpaired) electrons. The first-order chi connectivity index (χ1) is 17.0. The van der Waals surface area contributed by atoms with E-state index in [0.29, 0.717) is 25.9 Å². The van der Waals surface area contributed by atoms with Gasteiger partial charge in [0.05, 0.1) is 0 Å². The van der Waals surface area contributed by atoms with Crippen LogP contribution in [0.3, 0.4) is 0 Å². The second kappa shape index (κ2) is 12.2. The number of ether oxygens (including phenoxy) is 2. The third-order valence-corrected chi connectivity index (χ3v) is 5.25. The van der Waals surface area contributed by atoms with Gasteiger partial charge in [-0.25, -0.2) is 0 Å². The fourth-order valence-electron chi connectivity index (χ4n) is 3.69. The molecular weight excluding hydrogens is 506 g/mol. The highest BCUT2D eigenvalue weighted by atomic mass is 19.4. The quantitative estimate of drug-likeness (QED) is 0.343. The van der Waals surface area contributed by atoms with Crippen molar-refractivity contribution in [2.24, 2.45) is 11.3 Å². The lowest BCUT2D eigenvalue weighted by atomic mass is 9.82. The van der Waals surface area contributed by atoms with Crippen LogP contribution in [0.1, 0.15) is 54.3 Å². The van der Waals surface area contributed by atoms with Crippen molar-refractivity contribution in [3.05, 3.63) is 59.7 Å². The Bertz CT molecular complexity index is 1040. The Kier molecular flexibility index (Phi) is 9.82. The van der Waals surface area contributed by atoms with Crippen molar-refractivity contribution >= 4 is 11.8 Å². The summed E-state index contributed by atoms with van der Waals surface area (Å²) in [5, 5.41) is 5.50. The lowest BCUT2D eigenvalue weighted by Gasteiger charge is -2.28. The minimum atomic E-state index is -4.81. The van der Waals surface area contributed by atoms with Gasteiger partial charge in [-0.15, -0.1) is 26.3 Å². The standard InChI is InChI=1S/C25H28F6N2O4/c1-16(12-13-32-21(34)17-4-8-19(9-5-17)36-24(26,27)28)14-23(2,3)15-33-22(35)18-6-10-20(11-7-18)37-25(29,30)31/h4-11,16H,12-15H2,1-3H3,(H,32,34)(H,33,35). The second-order valence-electron chi connectivity index (χ2n) is 9.35. The van der Waals surface area contributed by atoms with Gasteiger partial charge < -0.3 is 20.1 Å². The van der Waals surface area contributed by atoms with E-state index in [0.717, 1.165) is 24.3 Å². The van der Waals surface area contributed by atoms with E-state index in [4.69, 9.17) is 0 Å². The molecule has 0 aliphatic carbocycles. The molecule has 0 aliphatic rings. The zero-order valence-electron chi connectivity index (χ0n) is 20.4. The van der Waals surface area contributed by atoms with Crippen LogP contribution in [-0.2, 0) is 0 Å². The summed E-state index contributed by atoms with van der Waals surface area (Å²) in [6.07, 6.45) is -8.30. The lowest BCUT2D eigenvalue weighted by molar-refractivity contribution is -0.275. The molecule has 2 rings (SSSR count). The fourth-order valence-corrected chi connectivity index (χ4v) is 3.69. The normalized spacial score (nSPS) is 13.0. The molecule has 2 aromatic carbocycles. The van der Waals surface area contributed by atoms with Crippen LogP contribution in [0.2, 0.25) is 0 Å². The Labute approximate surface area is 210 Å². The maximum Gasteiger partial charge on any atom is 0.573 e. The topological polar surface area (TPSA) is 76.7 Å². The molecule has 2 N–H and O–H groups in total. The number of carbonyl (C=O) groups excluding carboxylic acids is 2. The first-order valence-corrected chi connectivity index (χ1v) is 11.3. The summed E-state index contributed by atoms with van der Waals surface area (Å²) in [6.45, 7) is 6.55. The van der Waals surface area contributed by atoms with Crippen LogP contribution in [0, 0.1) is 11.3 Å². The van der Waals surface area contributed by atoms with E-state index in [2.05, 4.69) is 20.1 Å². The summed E-state index contributed by atoms with van der Waals surface area (Å²) < 4.78 is 81.0. The summed E-state index contributed by atoms with van der Waals surface area (Å²) in [7, 11) is 0. The van der Waals surface area contributed by atoms with Crippen molar-refractivity contribution < 1.29 is 45.4 Å². The number of nitrogens with one attached hydrogen (secondary N) is 2. The zero-order chi connectivity index (χ0) is 27.9. The monoisotopic (exact) mass is 534 g/mol. The summed E-state index contributed by atoms with van der Waals surface area (Å²) in [5.74, 6) is -1.53. The number of alkyl halides is 6. The Morgan fingerprint density at radius 1 is 0.757 bits per heavy atom. The Hall–Kier alpha value is -3.44. The number of hydrogen-bond acceptors (Lipinski definition) is 4. The fraction of sp³-hybridized carbons (Fsp3) is 0.440. The van der Waals surface area contributed by atoms with Crippen molar-refractivity contribution in [2.45, 2.75) is 46.3 Å². The zero-order valence-corrected chi connectivity index (χ0v) is 20.4. The Morgan fingerprint density at radius 3 is 1.57 bits per heavy atom. The molecule has 12 heteroatoms.